The second kappa shape index (κ2) is 6.08. The molecule has 0 amide bonds. The number of rotatable bonds is 5. The third kappa shape index (κ3) is 2.77. The van der Waals surface area contributed by atoms with Crippen molar-refractivity contribution in [3.05, 3.63) is 17.8 Å². The van der Waals surface area contributed by atoms with Crippen molar-refractivity contribution in [1.29, 1.82) is 0 Å². The predicted octanol–water partition coefficient (Wildman–Crippen LogP) is 0.0460. The summed E-state index contributed by atoms with van der Waals surface area (Å²) in [6.45, 7) is 2.30. The van der Waals surface area contributed by atoms with Crippen molar-refractivity contribution in [2.45, 2.75) is 18.8 Å². The van der Waals surface area contributed by atoms with Crippen molar-refractivity contribution in [2.24, 2.45) is 0 Å². The van der Waals surface area contributed by atoms with Crippen molar-refractivity contribution in [3.63, 3.8) is 0 Å². The van der Waals surface area contributed by atoms with Gasteiger partial charge in [-0.3, -0.25) is 0 Å². The molecule has 1 aromatic rings. The van der Waals surface area contributed by atoms with Crippen molar-refractivity contribution in [1.82, 2.24) is 15.5 Å². The average molecular weight is 252 g/mol. The Hall–Kier alpha value is -1.24. The average Bonchev–Trinajstić information content (AvgIpc) is 2.83. The maximum Gasteiger partial charge on any atom is 0.151 e. The van der Waals surface area contributed by atoms with E-state index >= 15 is 0 Å². The molecule has 2 unspecified atom stereocenters. The number of nitrogens with zero attached hydrogens (tertiary/aromatic N) is 3. The van der Waals surface area contributed by atoms with Crippen LogP contribution in [0.5, 0.6) is 0 Å². The lowest BCUT2D eigenvalue weighted by Gasteiger charge is -2.15. The Morgan fingerprint density at radius 2 is 1.89 bits per heavy atom. The van der Waals surface area contributed by atoms with Crippen LogP contribution in [-0.4, -0.2) is 56.8 Å². The molecule has 6 nitrogen and oxygen atoms in total. The summed E-state index contributed by atoms with van der Waals surface area (Å²) in [6, 6.07) is 3.98. The van der Waals surface area contributed by atoms with Gasteiger partial charge in [0.15, 0.2) is 5.82 Å². The molecule has 2 heterocycles. The minimum Gasteiger partial charge on any atom is -0.377 e. The molecule has 18 heavy (non-hydrogen) atoms. The molecule has 0 aromatic carbocycles. The fraction of sp³-hybridized carbons (Fsp3) is 0.667. The zero-order valence-corrected chi connectivity index (χ0v) is 11.1. The van der Waals surface area contributed by atoms with Crippen LogP contribution in [-0.2, 0) is 16.0 Å². The largest absolute Gasteiger partial charge is 0.377 e. The van der Waals surface area contributed by atoms with Crippen LogP contribution in [0.15, 0.2) is 12.1 Å². The van der Waals surface area contributed by atoms with E-state index in [1.165, 1.54) is 0 Å². The van der Waals surface area contributed by atoms with E-state index in [2.05, 4.69) is 20.4 Å². The van der Waals surface area contributed by atoms with Gasteiger partial charge in [-0.2, -0.15) is 5.10 Å². The van der Waals surface area contributed by atoms with Gasteiger partial charge in [0.05, 0.1) is 5.69 Å². The molecule has 1 aromatic heterocycles. The molecule has 1 aliphatic heterocycles. The lowest BCUT2D eigenvalue weighted by atomic mass is 10.3. The van der Waals surface area contributed by atoms with Gasteiger partial charge in [-0.1, -0.05) is 0 Å². The summed E-state index contributed by atoms with van der Waals surface area (Å²) in [5.41, 5.74) is 0.937. The van der Waals surface area contributed by atoms with Gasteiger partial charge in [0.25, 0.3) is 0 Å². The molecule has 2 atom stereocenters. The van der Waals surface area contributed by atoms with Gasteiger partial charge in [-0.05, 0) is 19.2 Å². The van der Waals surface area contributed by atoms with Crippen molar-refractivity contribution in [2.75, 3.05) is 39.3 Å². The Morgan fingerprint density at radius 1 is 1.22 bits per heavy atom. The van der Waals surface area contributed by atoms with Crippen molar-refractivity contribution < 1.29 is 9.47 Å². The van der Waals surface area contributed by atoms with Crippen molar-refractivity contribution in [3.8, 4) is 0 Å². The molecule has 2 rings (SSSR count). The van der Waals surface area contributed by atoms with Crippen LogP contribution in [0.4, 0.5) is 5.82 Å². The maximum atomic E-state index is 5.40. The molecular weight excluding hydrogens is 232 g/mol. The smallest absolute Gasteiger partial charge is 0.151 e. The topological polar surface area (TPSA) is 59.5 Å². The summed E-state index contributed by atoms with van der Waals surface area (Å²) in [5.74, 6) is 0.872. The van der Waals surface area contributed by atoms with Crippen LogP contribution >= 0.6 is 0 Å². The normalized spacial score (nSPS) is 23.6. The SMILES string of the molecule is CNCc1ccc(N2CC(OC)C(OC)C2)nn1. The fourth-order valence-electron chi connectivity index (χ4n) is 2.18. The Balaban J connectivity index is 2.04. The summed E-state index contributed by atoms with van der Waals surface area (Å²) in [7, 11) is 5.31. The number of hydrogen-bond acceptors (Lipinski definition) is 6. The van der Waals surface area contributed by atoms with E-state index in [1.54, 1.807) is 14.2 Å². The van der Waals surface area contributed by atoms with Crippen LogP contribution in [0.1, 0.15) is 5.69 Å². The summed E-state index contributed by atoms with van der Waals surface area (Å²) < 4.78 is 10.8. The van der Waals surface area contributed by atoms with Crippen molar-refractivity contribution >= 4 is 5.82 Å². The lowest BCUT2D eigenvalue weighted by molar-refractivity contribution is -0.00461. The summed E-state index contributed by atoms with van der Waals surface area (Å²) >= 11 is 0. The van der Waals surface area contributed by atoms with Gasteiger partial charge in [-0.15, -0.1) is 5.10 Å². The molecule has 0 saturated carbocycles. The molecule has 1 fully saturated rings. The van der Waals surface area contributed by atoms with Crippen LogP contribution in [0, 0.1) is 0 Å². The first-order chi connectivity index (χ1) is 8.78. The highest BCUT2D eigenvalue weighted by molar-refractivity contribution is 5.39. The Kier molecular flexibility index (Phi) is 4.46. The van der Waals surface area contributed by atoms with E-state index in [9.17, 15) is 0 Å². The first-order valence-electron chi connectivity index (χ1n) is 6.06. The Bertz CT molecular complexity index is 359. The molecule has 6 heteroatoms. The van der Waals surface area contributed by atoms with Gasteiger partial charge >= 0.3 is 0 Å². The third-order valence-corrected chi connectivity index (χ3v) is 3.21. The molecular formula is C12H20N4O2. The van der Waals surface area contributed by atoms with Gasteiger partial charge in [-0.25, -0.2) is 0 Å². The monoisotopic (exact) mass is 252 g/mol. The molecule has 100 valence electrons. The minimum absolute atomic E-state index is 0.0915. The molecule has 0 aliphatic carbocycles. The van der Waals surface area contributed by atoms with Gasteiger partial charge < -0.3 is 19.7 Å². The maximum absolute atomic E-state index is 5.40. The standard InChI is InChI=1S/C12H20N4O2/c1-13-6-9-4-5-12(15-14-9)16-7-10(17-2)11(8-16)18-3/h4-5,10-11,13H,6-8H2,1-3H3. The number of nitrogens with one attached hydrogen (secondary N) is 1. The van der Waals surface area contributed by atoms with Gasteiger partial charge in [0.1, 0.15) is 12.2 Å². The highest BCUT2D eigenvalue weighted by Gasteiger charge is 2.33. The number of hydrogen-bond donors (Lipinski definition) is 1. The van der Waals surface area contributed by atoms with Crippen LogP contribution < -0.4 is 10.2 Å². The number of aromatic nitrogens is 2. The fourth-order valence-corrected chi connectivity index (χ4v) is 2.18. The second-order valence-corrected chi connectivity index (χ2v) is 4.37. The van der Waals surface area contributed by atoms with Crippen LogP contribution in [0.25, 0.3) is 0 Å². The quantitative estimate of drug-likeness (QED) is 0.799. The second-order valence-electron chi connectivity index (χ2n) is 4.37. The summed E-state index contributed by atoms with van der Waals surface area (Å²) in [6.07, 6.45) is 0.183. The molecule has 1 saturated heterocycles. The molecule has 1 aliphatic rings. The zero-order valence-electron chi connectivity index (χ0n) is 11.1. The van der Waals surface area contributed by atoms with E-state index in [0.29, 0.717) is 0 Å². The van der Waals surface area contributed by atoms with E-state index in [-0.39, 0.29) is 12.2 Å². The zero-order chi connectivity index (χ0) is 13.0. The molecule has 0 bridgehead atoms. The van der Waals surface area contributed by atoms with E-state index in [1.807, 2.05) is 19.2 Å². The first kappa shape index (κ1) is 13.2. The summed E-state index contributed by atoms with van der Waals surface area (Å²) in [4.78, 5) is 2.14. The number of ether oxygens (including phenoxy) is 2. The Labute approximate surface area is 107 Å². The Morgan fingerprint density at radius 3 is 2.33 bits per heavy atom. The highest BCUT2D eigenvalue weighted by atomic mass is 16.5. The van der Waals surface area contributed by atoms with E-state index in [0.717, 1.165) is 31.1 Å². The summed E-state index contributed by atoms with van der Waals surface area (Å²) in [5, 5.41) is 11.5. The van der Waals surface area contributed by atoms with E-state index in [4.69, 9.17) is 9.47 Å². The van der Waals surface area contributed by atoms with Crippen LogP contribution in [0.3, 0.4) is 0 Å². The number of methoxy groups -OCH3 is 2. The molecule has 0 radical (unpaired) electrons. The number of anilines is 1. The van der Waals surface area contributed by atoms with Gasteiger partial charge in [0.2, 0.25) is 0 Å². The van der Waals surface area contributed by atoms with Gasteiger partial charge in [0, 0.05) is 33.9 Å². The molecule has 0 spiro atoms. The first-order valence-corrected chi connectivity index (χ1v) is 6.06. The molecule has 1 N–H and O–H groups in total. The predicted molar refractivity (Wildman–Crippen MR) is 68.6 cm³/mol. The van der Waals surface area contributed by atoms with Crippen LogP contribution in [0.2, 0.25) is 0 Å². The minimum atomic E-state index is 0.0915. The third-order valence-electron chi connectivity index (χ3n) is 3.21. The highest BCUT2D eigenvalue weighted by Crippen LogP contribution is 2.21. The van der Waals surface area contributed by atoms with E-state index < -0.39 is 0 Å². The lowest BCUT2D eigenvalue weighted by Crippen LogP contribution is -2.27.